The first-order valence-corrected chi connectivity index (χ1v) is 11.1. The maximum absolute atomic E-state index is 13.4. The zero-order chi connectivity index (χ0) is 20.6. The van der Waals surface area contributed by atoms with Crippen LogP contribution in [0.3, 0.4) is 0 Å². The van der Waals surface area contributed by atoms with Crippen molar-refractivity contribution in [2.45, 2.75) is 42.9 Å². The van der Waals surface area contributed by atoms with Gasteiger partial charge < -0.3 is 14.1 Å². The fourth-order valence-corrected chi connectivity index (χ4v) is 4.97. The Labute approximate surface area is 171 Å². The number of anilines is 1. The fraction of sp³-hybridized carbons (Fsp3) is 0.318. The summed E-state index contributed by atoms with van der Waals surface area (Å²) in [6.07, 6.45) is -0.0860. The highest BCUT2D eigenvalue weighted by Gasteiger charge is 2.34. The molecule has 0 radical (unpaired) electrons. The van der Waals surface area contributed by atoms with E-state index in [1.54, 1.807) is 30.3 Å². The van der Waals surface area contributed by atoms with Crippen molar-refractivity contribution in [3.05, 3.63) is 60.2 Å². The van der Waals surface area contributed by atoms with Gasteiger partial charge in [0.05, 0.1) is 17.1 Å². The normalized spacial score (nSPS) is 20.0. The molecule has 2 unspecified atom stereocenters. The van der Waals surface area contributed by atoms with Gasteiger partial charge in [-0.25, -0.2) is 8.42 Å². The molecule has 152 valence electrons. The van der Waals surface area contributed by atoms with Crippen molar-refractivity contribution < 1.29 is 17.6 Å². The van der Waals surface area contributed by atoms with Crippen LogP contribution in [0.25, 0.3) is 11.5 Å². The second-order valence-electron chi connectivity index (χ2n) is 7.48. The molecule has 0 spiro atoms. The predicted molar refractivity (Wildman–Crippen MR) is 111 cm³/mol. The molecule has 2 atom stereocenters. The minimum atomic E-state index is -3.84. The topological polar surface area (TPSA) is 72.6 Å². The molecule has 29 heavy (non-hydrogen) atoms. The molecule has 0 amide bonds. The minimum Gasteiger partial charge on any atom is -0.419 e. The van der Waals surface area contributed by atoms with Crippen LogP contribution in [0.1, 0.15) is 19.4 Å². The monoisotopic (exact) mass is 412 g/mol. The molecule has 0 saturated carbocycles. The van der Waals surface area contributed by atoms with Gasteiger partial charge in [0, 0.05) is 18.7 Å². The average Bonchev–Trinajstić information content (AvgIpc) is 3.14. The minimum absolute atomic E-state index is 0.0430. The summed E-state index contributed by atoms with van der Waals surface area (Å²) in [5.74, 6) is 0.567. The number of oxazole rings is 1. The van der Waals surface area contributed by atoms with E-state index >= 15 is 0 Å². The zero-order valence-corrected chi connectivity index (χ0v) is 17.5. The van der Waals surface area contributed by atoms with Crippen LogP contribution in [-0.2, 0) is 14.6 Å². The molecule has 1 fully saturated rings. The van der Waals surface area contributed by atoms with Crippen molar-refractivity contribution in [2.75, 3.05) is 18.0 Å². The van der Waals surface area contributed by atoms with Crippen LogP contribution >= 0.6 is 0 Å². The molecular weight excluding hydrogens is 388 g/mol. The van der Waals surface area contributed by atoms with Crippen LogP contribution in [0.15, 0.2) is 68.9 Å². The number of hydrogen-bond acceptors (Lipinski definition) is 6. The Morgan fingerprint density at radius 2 is 1.69 bits per heavy atom. The molecule has 1 saturated heterocycles. The van der Waals surface area contributed by atoms with E-state index in [9.17, 15) is 8.42 Å². The highest BCUT2D eigenvalue weighted by molar-refractivity contribution is 7.91. The number of aryl methyl sites for hydroxylation is 1. The number of benzene rings is 2. The van der Waals surface area contributed by atoms with Gasteiger partial charge in [-0.05, 0) is 45.0 Å². The lowest BCUT2D eigenvalue weighted by atomic mass is 10.1. The molecule has 6 nitrogen and oxygen atoms in total. The van der Waals surface area contributed by atoms with E-state index in [2.05, 4.69) is 4.98 Å². The summed E-state index contributed by atoms with van der Waals surface area (Å²) in [6, 6.07) is 16.0. The second-order valence-corrected chi connectivity index (χ2v) is 9.34. The fourth-order valence-electron chi connectivity index (χ4n) is 3.63. The first-order chi connectivity index (χ1) is 13.8. The van der Waals surface area contributed by atoms with Gasteiger partial charge in [-0.2, -0.15) is 4.98 Å². The van der Waals surface area contributed by atoms with Crippen LogP contribution in [0, 0.1) is 6.92 Å². The maximum Gasteiger partial charge on any atom is 0.236 e. The summed E-state index contributed by atoms with van der Waals surface area (Å²) >= 11 is 0. The van der Waals surface area contributed by atoms with Gasteiger partial charge >= 0.3 is 0 Å². The number of nitrogens with zero attached hydrogens (tertiary/aromatic N) is 2. The lowest BCUT2D eigenvalue weighted by Crippen LogP contribution is -2.45. The summed E-state index contributed by atoms with van der Waals surface area (Å²) in [6.45, 7) is 6.96. The van der Waals surface area contributed by atoms with Crippen molar-refractivity contribution in [1.29, 1.82) is 0 Å². The Hall–Kier alpha value is -2.64. The third-order valence-corrected chi connectivity index (χ3v) is 6.53. The smallest absolute Gasteiger partial charge is 0.236 e. The van der Waals surface area contributed by atoms with Crippen LogP contribution in [-0.4, -0.2) is 38.7 Å². The van der Waals surface area contributed by atoms with Crippen molar-refractivity contribution in [2.24, 2.45) is 0 Å². The summed E-state index contributed by atoms with van der Waals surface area (Å²) in [4.78, 5) is 6.57. The first-order valence-electron chi connectivity index (χ1n) is 9.63. The van der Waals surface area contributed by atoms with Crippen LogP contribution in [0.4, 0.5) is 5.88 Å². The highest BCUT2D eigenvalue weighted by atomic mass is 32.2. The maximum atomic E-state index is 13.4. The molecular formula is C22H24N2O4S. The molecule has 0 aliphatic carbocycles. The third-order valence-electron chi connectivity index (χ3n) is 4.86. The van der Waals surface area contributed by atoms with E-state index in [1.165, 1.54) is 0 Å². The summed E-state index contributed by atoms with van der Waals surface area (Å²) in [7, 11) is -3.84. The second kappa shape index (κ2) is 7.65. The van der Waals surface area contributed by atoms with E-state index in [0.717, 1.165) is 11.1 Å². The summed E-state index contributed by atoms with van der Waals surface area (Å²) < 4.78 is 38.7. The molecule has 1 aliphatic rings. The number of aromatic nitrogens is 1. The van der Waals surface area contributed by atoms with Gasteiger partial charge in [-0.15, -0.1) is 0 Å². The molecule has 7 heteroatoms. The van der Waals surface area contributed by atoms with Crippen molar-refractivity contribution in [1.82, 2.24) is 4.98 Å². The number of ether oxygens (including phenoxy) is 1. The number of rotatable bonds is 4. The van der Waals surface area contributed by atoms with E-state index in [-0.39, 0.29) is 28.0 Å². The predicted octanol–water partition coefficient (Wildman–Crippen LogP) is 4.10. The van der Waals surface area contributed by atoms with E-state index in [1.807, 2.05) is 49.9 Å². The largest absolute Gasteiger partial charge is 0.419 e. The SMILES string of the molecule is Cc1cccc(-c2nc(S(=O)(=O)c3ccccc3)c(N3CC(C)OC(C)C3)o2)c1. The Balaban J connectivity index is 1.86. The summed E-state index contributed by atoms with van der Waals surface area (Å²) in [5, 5.41) is -0.0542. The van der Waals surface area contributed by atoms with Gasteiger partial charge in [0.1, 0.15) is 0 Å². The molecule has 3 aromatic rings. The first kappa shape index (κ1) is 19.7. The average molecular weight is 413 g/mol. The Bertz CT molecular complexity index is 1100. The third kappa shape index (κ3) is 3.93. The van der Waals surface area contributed by atoms with Gasteiger partial charge in [-0.1, -0.05) is 35.9 Å². The number of hydrogen-bond donors (Lipinski definition) is 0. The standard InChI is InChI=1S/C22H24N2O4S/c1-15-8-7-9-18(12-15)20-23-21(29(25,26)19-10-5-4-6-11-19)22(28-20)24-13-16(2)27-17(3)14-24/h4-12,16-17H,13-14H2,1-3H3. The number of morpholine rings is 1. The van der Waals surface area contributed by atoms with E-state index in [4.69, 9.17) is 9.15 Å². The molecule has 0 bridgehead atoms. The Kier molecular flexibility index (Phi) is 5.19. The van der Waals surface area contributed by atoms with Crippen LogP contribution in [0.5, 0.6) is 0 Å². The van der Waals surface area contributed by atoms with Gasteiger partial charge in [0.15, 0.2) is 0 Å². The highest BCUT2D eigenvalue weighted by Crippen LogP contribution is 2.36. The van der Waals surface area contributed by atoms with Crippen molar-refractivity contribution >= 4 is 15.7 Å². The number of sulfone groups is 1. The Morgan fingerprint density at radius 1 is 1.00 bits per heavy atom. The molecule has 2 aromatic carbocycles. The Morgan fingerprint density at radius 3 is 2.34 bits per heavy atom. The van der Waals surface area contributed by atoms with Gasteiger partial charge in [-0.3, -0.25) is 0 Å². The van der Waals surface area contributed by atoms with Crippen molar-refractivity contribution in [3.8, 4) is 11.5 Å². The lowest BCUT2D eigenvalue weighted by Gasteiger charge is -2.35. The molecule has 4 rings (SSSR count). The summed E-state index contributed by atoms with van der Waals surface area (Å²) in [5.41, 5.74) is 1.79. The molecule has 0 N–H and O–H groups in total. The lowest BCUT2D eigenvalue weighted by molar-refractivity contribution is -0.00657. The quantitative estimate of drug-likeness (QED) is 0.642. The van der Waals surface area contributed by atoms with E-state index in [0.29, 0.717) is 19.0 Å². The van der Waals surface area contributed by atoms with Crippen LogP contribution in [0.2, 0.25) is 0 Å². The molecule has 1 aromatic heterocycles. The van der Waals surface area contributed by atoms with Gasteiger partial charge in [0.2, 0.25) is 26.6 Å². The van der Waals surface area contributed by atoms with Gasteiger partial charge in [0.25, 0.3) is 0 Å². The van der Waals surface area contributed by atoms with E-state index < -0.39 is 9.84 Å². The molecule has 2 heterocycles. The zero-order valence-electron chi connectivity index (χ0n) is 16.7. The van der Waals surface area contributed by atoms with Crippen LogP contribution < -0.4 is 4.90 Å². The molecule has 1 aliphatic heterocycles. The van der Waals surface area contributed by atoms with Crippen molar-refractivity contribution in [3.63, 3.8) is 0 Å².